The number of carbonyl (C=O) groups excluding carboxylic acids is 1. The van der Waals surface area contributed by atoms with Crippen LogP contribution in [0.4, 0.5) is 0 Å². The Morgan fingerprint density at radius 3 is 2.89 bits per heavy atom. The normalized spacial score (nSPS) is 15.6. The number of hydrogen-bond donors (Lipinski definition) is 1. The predicted octanol–water partition coefficient (Wildman–Crippen LogP) is 2.75. The Labute approximate surface area is 112 Å². The molecule has 1 aromatic rings. The van der Waals surface area contributed by atoms with E-state index in [0.717, 1.165) is 28.9 Å². The number of cyclic esters (lactones) is 1. The van der Waals surface area contributed by atoms with Crippen molar-refractivity contribution in [1.29, 1.82) is 0 Å². The van der Waals surface area contributed by atoms with Crippen LogP contribution in [-0.4, -0.2) is 17.7 Å². The molecule has 0 saturated carbocycles. The first-order valence-corrected chi connectivity index (χ1v) is 6.33. The summed E-state index contributed by atoms with van der Waals surface area (Å²) >= 11 is 0. The van der Waals surface area contributed by atoms with Crippen LogP contribution < -0.4 is 0 Å². The zero-order valence-corrected chi connectivity index (χ0v) is 11.2. The van der Waals surface area contributed by atoms with E-state index in [9.17, 15) is 4.79 Å². The number of aryl methyl sites for hydroxylation is 1. The zero-order chi connectivity index (χ0) is 13.8. The number of aliphatic hydroxyl groups excluding tert-OH is 1. The van der Waals surface area contributed by atoms with Crippen LogP contribution in [0.3, 0.4) is 0 Å². The molecule has 1 aliphatic rings. The monoisotopic (exact) mass is 262 g/mol. The lowest BCUT2D eigenvalue weighted by Crippen LogP contribution is -1.99. The number of carbonyl (C=O) groups is 1. The van der Waals surface area contributed by atoms with Crippen LogP contribution in [0.2, 0.25) is 0 Å². The van der Waals surface area contributed by atoms with E-state index in [1.807, 2.05) is 32.1 Å². The van der Waals surface area contributed by atoms with Crippen LogP contribution in [0, 0.1) is 6.92 Å². The molecule has 1 aliphatic heterocycles. The third-order valence-corrected chi connectivity index (χ3v) is 3.17. The molecule has 19 heavy (non-hydrogen) atoms. The lowest BCUT2D eigenvalue weighted by molar-refractivity contribution is -0.136. The fourth-order valence-electron chi connectivity index (χ4n) is 2.02. The van der Waals surface area contributed by atoms with E-state index in [-0.39, 0.29) is 12.6 Å². The molecule has 0 fully saturated rings. The highest BCUT2D eigenvalue weighted by Crippen LogP contribution is 2.21. The van der Waals surface area contributed by atoms with Gasteiger partial charge in [-0.1, -0.05) is 5.57 Å². The maximum absolute atomic E-state index is 11.3. The largest absolute Gasteiger partial charge is 0.459 e. The van der Waals surface area contributed by atoms with Crippen molar-refractivity contribution < 1.29 is 19.1 Å². The van der Waals surface area contributed by atoms with Crippen molar-refractivity contribution in [2.75, 3.05) is 6.61 Å². The van der Waals surface area contributed by atoms with Crippen LogP contribution in [0.1, 0.15) is 36.8 Å². The third kappa shape index (κ3) is 3.35. The quantitative estimate of drug-likeness (QED) is 0.829. The number of rotatable bonds is 5. The molecule has 1 N–H and O–H groups in total. The molecule has 0 spiro atoms. The molecule has 0 aliphatic carbocycles. The van der Waals surface area contributed by atoms with Gasteiger partial charge in [-0.2, -0.15) is 0 Å². The second-order valence-corrected chi connectivity index (χ2v) is 4.73. The molecule has 0 radical (unpaired) electrons. The van der Waals surface area contributed by atoms with Crippen molar-refractivity contribution >= 4 is 12.0 Å². The van der Waals surface area contributed by atoms with E-state index < -0.39 is 0 Å². The number of hydrogen-bond acceptors (Lipinski definition) is 4. The number of aliphatic hydroxyl groups is 1. The Morgan fingerprint density at radius 1 is 1.53 bits per heavy atom. The van der Waals surface area contributed by atoms with Gasteiger partial charge in [-0.05, 0) is 50.5 Å². The van der Waals surface area contributed by atoms with Gasteiger partial charge in [0.1, 0.15) is 24.7 Å². The van der Waals surface area contributed by atoms with E-state index in [2.05, 4.69) is 0 Å². The summed E-state index contributed by atoms with van der Waals surface area (Å²) in [6.07, 6.45) is 5.24. The standard InChI is InChI=1S/C15H18O4/c1-10(3-4-12-5-6-18-15(12)17)7-13-8-11(2)14(9-16)19-13/h5,7-8,16H,3-4,6,9H2,1-2H3/b10-7-. The zero-order valence-electron chi connectivity index (χ0n) is 11.2. The molecule has 2 rings (SSSR count). The first kappa shape index (κ1) is 13.6. The number of esters is 1. The molecular formula is C15H18O4. The van der Waals surface area contributed by atoms with E-state index in [1.165, 1.54) is 0 Å². The molecule has 0 bridgehead atoms. The van der Waals surface area contributed by atoms with Gasteiger partial charge >= 0.3 is 5.97 Å². The molecule has 0 aromatic carbocycles. The SMILES string of the molecule is C/C(=C/c1cc(C)c(CO)o1)CCC1=CCOC1=O. The van der Waals surface area contributed by atoms with Crippen molar-refractivity contribution in [2.45, 2.75) is 33.3 Å². The summed E-state index contributed by atoms with van der Waals surface area (Å²) in [6, 6.07) is 1.90. The average molecular weight is 262 g/mol. The lowest BCUT2D eigenvalue weighted by atomic mass is 10.1. The van der Waals surface area contributed by atoms with E-state index in [0.29, 0.717) is 18.8 Å². The van der Waals surface area contributed by atoms with E-state index in [1.54, 1.807) is 0 Å². The van der Waals surface area contributed by atoms with Crippen LogP contribution in [0.15, 0.2) is 27.7 Å². The van der Waals surface area contributed by atoms with E-state index in [4.69, 9.17) is 14.3 Å². The lowest BCUT2D eigenvalue weighted by Gasteiger charge is -2.00. The summed E-state index contributed by atoms with van der Waals surface area (Å²) in [7, 11) is 0. The van der Waals surface area contributed by atoms with Crippen molar-refractivity contribution in [3.8, 4) is 0 Å². The van der Waals surface area contributed by atoms with Gasteiger partial charge < -0.3 is 14.3 Å². The first-order valence-electron chi connectivity index (χ1n) is 6.33. The topological polar surface area (TPSA) is 59.7 Å². The second kappa shape index (κ2) is 5.89. The molecule has 0 unspecified atom stereocenters. The second-order valence-electron chi connectivity index (χ2n) is 4.73. The van der Waals surface area contributed by atoms with Crippen molar-refractivity contribution in [2.24, 2.45) is 0 Å². The van der Waals surface area contributed by atoms with Gasteiger partial charge in [0, 0.05) is 5.57 Å². The van der Waals surface area contributed by atoms with Gasteiger partial charge in [0.2, 0.25) is 0 Å². The molecule has 0 atom stereocenters. The van der Waals surface area contributed by atoms with Gasteiger partial charge in [0.05, 0.1) is 0 Å². The number of furan rings is 1. The van der Waals surface area contributed by atoms with Gasteiger partial charge in [0.15, 0.2) is 0 Å². The molecule has 2 heterocycles. The molecule has 1 aromatic heterocycles. The molecular weight excluding hydrogens is 244 g/mol. The highest BCUT2D eigenvalue weighted by molar-refractivity contribution is 5.90. The minimum atomic E-state index is -0.204. The summed E-state index contributed by atoms with van der Waals surface area (Å²) in [5, 5.41) is 9.07. The Kier molecular flexibility index (Phi) is 4.22. The Morgan fingerprint density at radius 2 is 2.32 bits per heavy atom. The summed E-state index contributed by atoms with van der Waals surface area (Å²) in [5.74, 6) is 1.13. The van der Waals surface area contributed by atoms with Crippen molar-refractivity contribution in [3.63, 3.8) is 0 Å². The van der Waals surface area contributed by atoms with E-state index >= 15 is 0 Å². The number of allylic oxidation sites excluding steroid dienone is 1. The van der Waals surface area contributed by atoms with Crippen LogP contribution in [0.25, 0.3) is 6.08 Å². The summed E-state index contributed by atoms with van der Waals surface area (Å²) in [5.41, 5.74) is 2.82. The van der Waals surface area contributed by atoms with Gasteiger partial charge in [-0.15, -0.1) is 0 Å². The molecule has 4 nitrogen and oxygen atoms in total. The third-order valence-electron chi connectivity index (χ3n) is 3.17. The molecule has 0 amide bonds. The van der Waals surface area contributed by atoms with Gasteiger partial charge in [-0.3, -0.25) is 0 Å². The Bertz CT molecular complexity index is 534. The van der Waals surface area contributed by atoms with Crippen molar-refractivity contribution in [1.82, 2.24) is 0 Å². The fourth-order valence-corrected chi connectivity index (χ4v) is 2.02. The Balaban J connectivity index is 1.96. The molecule has 102 valence electrons. The number of ether oxygens (including phenoxy) is 1. The smallest absolute Gasteiger partial charge is 0.334 e. The van der Waals surface area contributed by atoms with Crippen LogP contribution in [0.5, 0.6) is 0 Å². The minimum absolute atomic E-state index is 0.0859. The summed E-state index contributed by atoms with van der Waals surface area (Å²) < 4.78 is 10.3. The summed E-state index contributed by atoms with van der Waals surface area (Å²) in [6.45, 7) is 4.21. The van der Waals surface area contributed by atoms with Gasteiger partial charge in [0.25, 0.3) is 0 Å². The predicted molar refractivity (Wildman–Crippen MR) is 71.3 cm³/mol. The molecule has 0 saturated heterocycles. The average Bonchev–Trinajstić information content (AvgIpc) is 2.93. The molecule has 4 heteroatoms. The van der Waals surface area contributed by atoms with Crippen LogP contribution >= 0.6 is 0 Å². The maximum Gasteiger partial charge on any atom is 0.334 e. The fraction of sp³-hybridized carbons (Fsp3) is 0.400. The van der Waals surface area contributed by atoms with Crippen molar-refractivity contribution in [3.05, 3.63) is 40.4 Å². The highest BCUT2D eigenvalue weighted by Gasteiger charge is 2.15. The highest BCUT2D eigenvalue weighted by atomic mass is 16.5. The maximum atomic E-state index is 11.3. The minimum Gasteiger partial charge on any atom is -0.459 e. The summed E-state index contributed by atoms with van der Waals surface area (Å²) in [4.78, 5) is 11.3. The van der Waals surface area contributed by atoms with Gasteiger partial charge in [-0.25, -0.2) is 4.79 Å². The Hall–Kier alpha value is -1.81. The van der Waals surface area contributed by atoms with Crippen LogP contribution in [-0.2, 0) is 16.1 Å². The first-order chi connectivity index (χ1) is 9.10.